The maximum Gasteiger partial charge on any atom is 1.00 e. The van der Waals surface area contributed by atoms with Crippen molar-refractivity contribution in [3.63, 3.8) is 0 Å². The van der Waals surface area contributed by atoms with Gasteiger partial charge in [0, 0.05) is 12.3 Å². The Labute approximate surface area is 87.6 Å². The van der Waals surface area contributed by atoms with Crippen LogP contribution in [0.3, 0.4) is 0 Å². The van der Waals surface area contributed by atoms with Crippen LogP contribution in [-0.4, -0.2) is 13.7 Å². The first-order valence-electron chi connectivity index (χ1n) is 2.41. The summed E-state index contributed by atoms with van der Waals surface area (Å²) in [6.07, 6.45) is 1.10. The van der Waals surface area contributed by atoms with Gasteiger partial charge >= 0.3 is 29.6 Å². The first kappa shape index (κ1) is 11.2. The second kappa shape index (κ2) is 4.95. The minimum absolute atomic E-state index is 0. The smallest absolute Gasteiger partial charge is 0.767 e. The minimum Gasteiger partial charge on any atom is -0.767 e. The van der Waals surface area contributed by atoms with E-state index < -0.39 is 16.9 Å². The Balaban J connectivity index is 0.000001000. The van der Waals surface area contributed by atoms with Crippen LogP contribution in [0.25, 0.3) is 0 Å². The Morgan fingerprint density at radius 3 is 2.64 bits per heavy atom. The van der Waals surface area contributed by atoms with Crippen molar-refractivity contribution in [2.75, 3.05) is 0 Å². The summed E-state index contributed by atoms with van der Waals surface area (Å²) >= 11 is -2.44. The molecule has 0 fully saturated rings. The molecule has 1 rings (SSSR count). The predicted octanol–water partition coefficient (Wildman–Crippen LogP) is -2.54. The van der Waals surface area contributed by atoms with Gasteiger partial charge in [-0.25, -0.2) is 9.37 Å². The second-order valence-corrected chi connectivity index (χ2v) is 2.43. The van der Waals surface area contributed by atoms with Crippen molar-refractivity contribution in [3.8, 4) is 0 Å². The predicted molar refractivity (Wildman–Crippen MR) is 31.4 cm³/mol. The SMILES string of the molecule is O=S([O-])c1cc(F)ccn1.[Na+]. The number of halogens is 1. The summed E-state index contributed by atoms with van der Waals surface area (Å²) < 4.78 is 32.5. The molecule has 0 bridgehead atoms. The molecule has 0 aliphatic rings. The van der Waals surface area contributed by atoms with Gasteiger partial charge in [-0.05, 0) is 17.1 Å². The van der Waals surface area contributed by atoms with Crippen LogP contribution in [0, 0.1) is 5.82 Å². The average molecular weight is 183 g/mol. The van der Waals surface area contributed by atoms with Crippen LogP contribution in [0.2, 0.25) is 0 Å². The van der Waals surface area contributed by atoms with Crippen LogP contribution in [0.5, 0.6) is 0 Å². The van der Waals surface area contributed by atoms with Gasteiger partial charge in [0.1, 0.15) is 10.8 Å². The molecular formula is C5H3FNNaO2S. The van der Waals surface area contributed by atoms with Gasteiger partial charge in [0.2, 0.25) is 0 Å². The van der Waals surface area contributed by atoms with Crippen LogP contribution in [-0.2, 0) is 11.1 Å². The molecule has 11 heavy (non-hydrogen) atoms. The molecule has 3 nitrogen and oxygen atoms in total. The first-order chi connectivity index (χ1) is 4.70. The van der Waals surface area contributed by atoms with Crippen molar-refractivity contribution >= 4 is 11.1 Å². The first-order valence-corrected chi connectivity index (χ1v) is 3.48. The maximum atomic E-state index is 12.2. The van der Waals surface area contributed by atoms with Crippen LogP contribution in [0.15, 0.2) is 23.4 Å². The fraction of sp³-hybridized carbons (Fsp3) is 0. The summed E-state index contributed by atoms with van der Waals surface area (Å²) in [6, 6.07) is 1.93. The van der Waals surface area contributed by atoms with Crippen LogP contribution in [0.4, 0.5) is 4.39 Å². The van der Waals surface area contributed by atoms with E-state index >= 15 is 0 Å². The van der Waals surface area contributed by atoms with Crippen LogP contribution < -0.4 is 29.6 Å². The van der Waals surface area contributed by atoms with E-state index in [0.717, 1.165) is 18.3 Å². The van der Waals surface area contributed by atoms with Crippen molar-refractivity contribution in [2.24, 2.45) is 0 Å². The van der Waals surface area contributed by atoms with Gasteiger partial charge in [0.25, 0.3) is 0 Å². The quantitative estimate of drug-likeness (QED) is 0.356. The summed E-state index contributed by atoms with van der Waals surface area (Å²) in [7, 11) is 0. The summed E-state index contributed by atoms with van der Waals surface area (Å²) in [5.41, 5.74) is 0. The molecule has 0 spiro atoms. The number of nitrogens with zero attached hydrogens (tertiary/aromatic N) is 1. The summed E-state index contributed by atoms with van der Waals surface area (Å²) in [5, 5.41) is -0.278. The Bertz CT molecular complexity index is 270. The molecule has 0 N–H and O–H groups in total. The zero-order valence-corrected chi connectivity index (χ0v) is 8.60. The van der Waals surface area contributed by atoms with Gasteiger partial charge in [0.15, 0.2) is 0 Å². The summed E-state index contributed by atoms with van der Waals surface area (Å²) in [5.74, 6) is -0.603. The molecule has 0 saturated heterocycles. The normalized spacial score (nSPS) is 11.8. The van der Waals surface area contributed by atoms with Crippen molar-refractivity contribution in [3.05, 3.63) is 24.1 Å². The number of hydrogen-bond acceptors (Lipinski definition) is 3. The van der Waals surface area contributed by atoms with Gasteiger partial charge in [0.05, 0.1) is 0 Å². The van der Waals surface area contributed by atoms with E-state index in [9.17, 15) is 13.2 Å². The third kappa shape index (κ3) is 3.39. The van der Waals surface area contributed by atoms with Gasteiger partial charge in [-0.1, -0.05) is 0 Å². The molecule has 0 saturated carbocycles. The standard InChI is InChI=1S/C5H4FNO2S.Na/c6-4-1-2-7-5(3-4)10(8)9;/h1-3H,(H,8,9);/q;+1/p-1. The maximum absolute atomic E-state index is 12.2. The minimum atomic E-state index is -2.44. The fourth-order valence-corrected chi connectivity index (χ4v) is 0.832. The van der Waals surface area contributed by atoms with Crippen molar-refractivity contribution in [1.29, 1.82) is 0 Å². The molecule has 0 aromatic carbocycles. The Kier molecular flexibility index (Phi) is 5.03. The van der Waals surface area contributed by atoms with E-state index in [0.29, 0.717) is 0 Å². The molecule has 54 valence electrons. The van der Waals surface area contributed by atoms with Gasteiger partial charge in [-0.2, -0.15) is 0 Å². The third-order valence-corrected chi connectivity index (χ3v) is 1.43. The topological polar surface area (TPSA) is 53.0 Å². The van der Waals surface area contributed by atoms with E-state index in [1.54, 1.807) is 0 Å². The van der Waals surface area contributed by atoms with E-state index in [4.69, 9.17) is 0 Å². The molecule has 6 heteroatoms. The van der Waals surface area contributed by atoms with E-state index in [2.05, 4.69) is 4.98 Å². The third-order valence-electron chi connectivity index (χ3n) is 0.868. The molecule has 1 atom stereocenters. The summed E-state index contributed by atoms with van der Waals surface area (Å²) in [6.45, 7) is 0. The van der Waals surface area contributed by atoms with Gasteiger partial charge in [-0.15, -0.1) is 0 Å². The Hall–Kier alpha value is 0.190. The molecule has 1 aromatic rings. The molecule has 0 aliphatic carbocycles. The van der Waals surface area contributed by atoms with Gasteiger partial charge < -0.3 is 4.55 Å². The monoisotopic (exact) mass is 183 g/mol. The number of pyridine rings is 1. The van der Waals surface area contributed by atoms with Crippen LogP contribution >= 0.6 is 0 Å². The molecule has 0 radical (unpaired) electrons. The molecular weight excluding hydrogens is 180 g/mol. The summed E-state index contributed by atoms with van der Waals surface area (Å²) in [4.78, 5) is 3.39. The molecule has 1 aromatic heterocycles. The second-order valence-electron chi connectivity index (χ2n) is 1.55. The largest absolute Gasteiger partial charge is 1.00 e. The Morgan fingerprint density at radius 1 is 1.64 bits per heavy atom. The number of hydrogen-bond donors (Lipinski definition) is 0. The zero-order chi connectivity index (χ0) is 7.56. The van der Waals surface area contributed by atoms with E-state index in [1.807, 2.05) is 0 Å². The van der Waals surface area contributed by atoms with E-state index in [-0.39, 0.29) is 34.6 Å². The van der Waals surface area contributed by atoms with Gasteiger partial charge in [-0.3, -0.25) is 4.21 Å². The number of rotatable bonds is 1. The van der Waals surface area contributed by atoms with Crippen LogP contribution in [0.1, 0.15) is 0 Å². The number of aromatic nitrogens is 1. The molecule has 0 amide bonds. The van der Waals surface area contributed by atoms with Crippen molar-refractivity contribution < 1.29 is 42.7 Å². The van der Waals surface area contributed by atoms with Crippen molar-refractivity contribution in [1.82, 2.24) is 4.98 Å². The molecule has 1 heterocycles. The zero-order valence-electron chi connectivity index (χ0n) is 5.78. The molecule has 0 aliphatic heterocycles. The fourth-order valence-electron chi connectivity index (χ4n) is 0.476. The van der Waals surface area contributed by atoms with Crippen molar-refractivity contribution in [2.45, 2.75) is 5.03 Å². The molecule has 1 unspecified atom stereocenters. The van der Waals surface area contributed by atoms with E-state index in [1.165, 1.54) is 0 Å². The Morgan fingerprint density at radius 2 is 2.27 bits per heavy atom. The average Bonchev–Trinajstić information content (AvgIpc) is 1.88.